The lowest BCUT2D eigenvalue weighted by Gasteiger charge is -2.12. The van der Waals surface area contributed by atoms with Gasteiger partial charge in [0, 0.05) is 34.9 Å². The topological polar surface area (TPSA) is 87.7 Å². The van der Waals surface area contributed by atoms with E-state index in [4.69, 9.17) is 9.47 Å². The lowest BCUT2D eigenvalue weighted by atomic mass is 10.1. The van der Waals surface area contributed by atoms with Gasteiger partial charge >= 0.3 is 0 Å². The monoisotopic (exact) mass is 426 g/mol. The predicted octanol–water partition coefficient (Wildman–Crippen LogP) is 4.34. The molecule has 1 aromatic heterocycles. The average Bonchev–Trinajstić information content (AvgIpc) is 3.46. The van der Waals surface area contributed by atoms with Crippen LogP contribution >= 0.6 is 0 Å². The lowest BCUT2D eigenvalue weighted by Crippen LogP contribution is -2.36. The molecule has 1 amide bonds. The van der Waals surface area contributed by atoms with Gasteiger partial charge in [0.05, 0.1) is 0 Å². The van der Waals surface area contributed by atoms with Gasteiger partial charge in [0.15, 0.2) is 11.5 Å². The molecule has 32 heavy (non-hydrogen) atoms. The summed E-state index contributed by atoms with van der Waals surface area (Å²) >= 11 is 0. The first-order chi connectivity index (χ1) is 15.8. The number of hydrogen-bond acceptors (Lipinski definition) is 4. The zero-order chi connectivity index (χ0) is 21.8. The van der Waals surface area contributed by atoms with Crippen LogP contribution in [0.4, 0.5) is 5.69 Å². The molecule has 0 saturated carbocycles. The Hall–Kier alpha value is -4.26. The Morgan fingerprint density at radius 3 is 2.69 bits per heavy atom. The van der Waals surface area contributed by atoms with Gasteiger partial charge in [-0.1, -0.05) is 36.4 Å². The number of rotatable bonds is 5. The number of fused-ring (bicyclic) bond motifs is 2. The van der Waals surface area contributed by atoms with E-state index in [1.807, 2.05) is 48.7 Å². The van der Waals surface area contributed by atoms with E-state index >= 15 is 0 Å². The summed E-state index contributed by atoms with van der Waals surface area (Å²) < 4.78 is 10.7. The summed E-state index contributed by atoms with van der Waals surface area (Å²) in [7, 11) is 0. The van der Waals surface area contributed by atoms with Crippen molar-refractivity contribution in [1.29, 1.82) is 0 Å². The van der Waals surface area contributed by atoms with Crippen LogP contribution in [0.1, 0.15) is 15.9 Å². The third-order valence-corrected chi connectivity index (χ3v) is 5.23. The summed E-state index contributed by atoms with van der Waals surface area (Å²) in [6, 6.07) is 22.9. The molecule has 0 aliphatic carbocycles. The highest BCUT2D eigenvalue weighted by Gasteiger charge is 2.17. The van der Waals surface area contributed by atoms with Crippen LogP contribution in [-0.2, 0) is 6.42 Å². The van der Waals surface area contributed by atoms with Crippen LogP contribution in [0.25, 0.3) is 10.9 Å². The van der Waals surface area contributed by atoms with Gasteiger partial charge in [-0.3, -0.25) is 15.1 Å². The molecule has 7 nitrogen and oxygen atoms in total. The lowest BCUT2D eigenvalue weighted by molar-refractivity contribution is 0.0976. The van der Waals surface area contributed by atoms with E-state index in [2.05, 4.69) is 32.7 Å². The number of amides is 1. The molecule has 0 atom stereocenters. The molecule has 3 aromatic carbocycles. The first kappa shape index (κ1) is 19.7. The standard InChI is InChI=1S/C25H22N4O3/c30-24(17-10-11-22-23(14-17)32-16-31-22)29-25(28-19-6-2-1-3-7-19)26-13-12-18-15-27-21-9-5-4-8-20(18)21/h1-11,14-15,27H,12-13,16H2,(H2,26,28,29,30). The average molecular weight is 426 g/mol. The Morgan fingerprint density at radius 2 is 1.78 bits per heavy atom. The van der Waals surface area contributed by atoms with Gasteiger partial charge in [-0.15, -0.1) is 0 Å². The summed E-state index contributed by atoms with van der Waals surface area (Å²) in [4.78, 5) is 20.8. The van der Waals surface area contributed by atoms with Crippen LogP contribution < -0.4 is 20.1 Å². The summed E-state index contributed by atoms with van der Waals surface area (Å²) in [5.74, 6) is 1.30. The molecule has 0 unspecified atom stereocenters. The molecule has 0 bridgehead atoms. The number of carbonyl (C=O) groups excluding carboxylic acids is 1. The van der Waals surface area contributed by atoms with E-state index in [-0.39, 0.29) is 12.7 Å². The highest BCUT2D eigenvalue weighted by molar-refractivity contribution is 6.10. The fraction of sp³-hybridized carbons (Fsp3) is 0.120. The summed E-state index contributed by atoms with van der Waals surface area (Å²) in [5.41, 5.74) is 3.59. The number of ether oxygens (including phenoxy) is 2. The van der Waals surface area contributed by atoms with Crippen molar-refractivity contribution in [3.8, 4) is 11.5 Å². The molecule has 4 aromatic rings. The number of nitrogens with zero attached hydrogens (tertiary/aromatic N) is 1. The molecule has 1 aliphatic rings. The smallest absolute Gasteiger partial charge is 0.258 e. The fourth-order valence-electron chi connectivity index (χ4n) is 3.61. The quantitative estimate of drug-likeness (QED) is 0.327. The molecule has 5 rings (SSSR count). The van der Waals surface area contributed by atoms with Crippen molar-refractivity contribution in [3.63, 3.8) is 0 Å². The Balaban J connectivity index is 1.33. The Morgan fingerprint density at radius 1 is 0.969 bits per heavy atom. The number of anilines is 1. The minimum Gasteiger partial charge on any atom is -0.454 e. The second kappa shape index (κ2) is 8.85. The van der Waals surface area contributed by atoms with Crippen LogP contribution in [0.3, 0.4) is 0 Å². The van der Waals surface area contributed by atoms with Crippen molar-refractivity contribution in [3.05, 3.63) is 90.1 Å². The van der Waals surface area contributed by atoms with Gasteiger partial charge in [0.25, 0.3) is 5.91 Å². The van der Waals surface area contributed by atoms with Crippen LogP contribution in [0.2, 0.25) is 0 Å². The van der Waals surface area contributed by atoms with Crippen LogP contribution in [0, 0.1) is 0 Å². The number of benzene rings is 3. The third kappa shape index (κ3) is 4.27. The van der Waals surface area contributed by atoms with Crippen molar-refractivity contribution < 1.29 is 14.3 Å². The number of aliphatic imine (C=N–C) groups is 1. The molecule has 0 spiro atoms. The fourth-order valence-corrected chi connectivity index (χ4v) is 3.61. The molecule has 7 heteroatoms. The second-order valence-electron chi connectivity index (χ2n) is 7.35. The second-order valence-corrected chi connectivity index (χ2v) is 7.35. The zero-order valence-corrected chi connectivity index (χ0v) is 17.3. The largest absolute Gasteiger partial charge is 0.454 e. The predicted molar refractivity (Wildman–Crippen MR) is 124 cm³/mol. The van der Waals surface area contributed by atoms with Crippen LogP contribution in [-0.4, -0.2) is 30.2 Å². The van der Waals surface area contributed by atoms with Crippen molar-refractivity contribution in [2.75, 3.05) is 18.7 Å². The number of H-pyrrole nitrogens is 1. The molecule has 160 valence electrons. The Bertz CT molecular complexity index is 1280. The first-order valence-corrected chi connectivity index (χ1v) is 10.4. The van der Waals surface area contributed by atoms with Gasteiger partial charge in [0.2, 0.25) is 12.8 Å². The van der Waals surface area contributed by atoms with Crippen molar-refractivity contribution in [2.24, 2.45) is 4.99 Å². The summed E-state index contributed by atoms with van der Waals surface area (Å²) in [6.45, 7) is 0.676. The number of para-hydroxylation sites is 2. The van der Waals surface area contributed by atoms with Crippen LogP contribution in [0.15, 0.2) is 84.0 Å². The molecule has 2 heterocycles. The number of aromatic nitrogens is 1. The van der Waals surface area contributed by atoms with Crippen molar-refractivity contribution in [1.82, 2.24) is 10.3 Å². The molecule has 3 N–H and O–H groups in total. The maximum atomic E-state index is 12.9. The van der Waals surface area contributed by atoms with Crippen molar-refractivity contribution in [2.45, 2.75) is 6.42 Å². The summed E-state index contributed by atoms with van der Waals surface area (Å²) in [5, 5.41) is 7.27. The molecule has 0 saturated heterocycles. The number of aromatic amines is 1. The van der Waals surface area contributed by atoms with E-state index in [9.17, 15) is 4.79 Å². The molecule has 0 fully saturated rings. The van der Waals surface area contributed by atoms with E-state index in [0.29, 0.717) is 29.6 Å². The number of carbonyl (C=O) groups is 1. The third-order valence-electron chi connectivity index (χ3n) is 5.23. The highest BCUT2D eigenvalue weighted by atomic mass is 16.7. The molecule has 0 radical (unpaired) electrons. The molecule has 1 aliphatic heterocycles. The maximum Gasteiger partial charge on any atom is 0.258 e. The molecular formula is C25H22N4O3. The van der Waals surface area contributed by atoms with E-state index in [1.165, 1.54) is 10.9 Å². The molecular weight excluding hydrogens is 404 g/mol. The van der Waals surface area contributed by atoms with Gasteiger partial charge in [-0.05, 0) is 48.4 Å². The normalized spacial score (nSPS) is 12.7. The number of nitrogens with one attached hydrogen (secondary N) is 3. The van der Waals surface area contributed by atoms with Gasteiger partial charge in [-0.25, -0.2) is 0 Å². The first-order valence-electron chi connectivity index (χ1n) is 10.4. The Labute approximate surface area is 185 Å². The highest BCUT2D eigenvalue weighted by Crippen LogP contribution is 2.32. The van der Waals surface area contributed by atoms with E-state index in [1.54, 1.807) is 18.2 Å². The van der Waals surface area contributed by atoms with E-state index in [0.717, 1.165) is 17.6 Å². The van der Waals surface area contributed by atoms with Gasteiger partial charge < -0.3 is 19.8 Å². The maximum absolute atomic E-state index is 12.9. The van der Waals surface area contributed by atoms with E-state index < -0.39 is 0 Å². The Kier molecular flexibility index (Phi) is 5.45. The zero-order valence-electron chi connectivity index (χ0n) is 17.3. The van der Waals surface area contributed by atoms with Crippen LogP contribution in [0.5, 0.6) is 11.5 Å². The van der Waals surface area contributed by atoms with Gasteiger partial charge in [-0.2, -0.15) is 0 Å². The minimum absolute atomic E-state index is 0.163. The summed E-state index contributed by atoms with van der Waals surface area (Å²) in [6.07, 6.45) is 2.75. The number of guanidine groups is 1. The SMILES string of the molecule is O=C(NC(=NCCc1c[nH]c2ccccc12)Nc1ccccc1)c1ccc2c(c1)OCO2. The van der Waals surface area contributed by atoms with Gasteiger partial charge in [0.1, 0.15) is 0 Å². The van der Waals surface area contributed by atoms with Crippen molar-refractivity contribution >= 4 is 28.5 Å². The number of hydrogen-bond donors (Lipinski definition) is 3. The minimum atomic E-state index is -0.280.